The van der Waals surface area contributed by atoms with E-state index in [1.807, 2.05) is 0 Å². The lowest BCUT2D eigenvalue weighted by Gasteiger charge is -1.96. The van der Waals surface area contributed by atoms with Crippen LogP contribution in [0.4, 0.5) is 0 Å². The van der Waals surface area contributed by atoms with Crippen molar-refractivity contribution in [3.05, 3.63) is 0 Å². The fourth-order valence-electron chi connectivity index (χ4n) is 0.424. The molecule has 3 nitrogen and oxygen atoms in total. The monoisotopic (exact) mass is 117 g/mol. The fraction of sp³-hybridized carbons (Fsp3) is 1.00. The Morgan fingerprint density at radius 3 is 2.62 bits per heavy atom. The molecule has 8 heavy (non-hydrogen) atoms. The van der Waals surface area contributed by atoms with Crippen LogP contribution in [0, 0.1) is 0 Å². The molecular formula is C5H13N2O. The van der Waals surface area contributed by atoms with Crippen LogP contribution in [0.3, 0.4) is 0 Å². The summed E-state index contributed by atoms with van der Waals surface area (Å²) in [5.41, 5.74) is 5.19. The van der Waals surface area contributed by atoms with E-state index in [-0.39, 0.29) is 6.61 Å². The van der Waals surface area contributed by atoms with Crippen molar-refractivity contribution in [2.75, 3.05) is 26.2 Å². The Labute approximate surface area is 49.9 Å². The van der Waals surface area contributed by atoms with Crippen molar-refractivity contribution in [3.63, 3.8) is 0 Å². The smallest absolute Gasteiger partial charge is 0.0946 e. The molecule has 0 amide bonds. The van der Waals surface area contributed by atoms with E-state index in [1.165, 1.54) is 0 Å². The van der Waals surface area contributed by atoms with E-state index >= 15 is 0 Å². The molecule has 0 aliphatic heterocycles. The van der Waals surface area contributed by atoms with Crippen LogP contribution in [-0.2, 0) is 5.11 Å². The predicted octanol–water partition coefficient (Wildman–Crippen LogP) is -0.645. The van der Waals surface area contributed by atoms with Gasteiger partial charge in [0.2, 0.25) is 0 Å². The molecule has 0 spiro atoms. The van der Waals surface area contributed by atoms with Crippen molar-refractivity contribution in [1.82, 2.24) is 5.32 Å². The van der Waals surface area contributed by atoms with Gasteiger partial charge in [0.15, 0.2) is 0 Å². The molecule has 0 saturated carbocycles. The zero-order valence-corrected chi connectivity index (χ0v) is 5.02. The lowest BCUT2D eigenvalue weighted by Crippen LogP contribution is -2.20. The largest absolute Gasteiger partial charge is 0.330 e. The summed E-state index contributed by atoms with van der Waals surface area (Å²) in [5.74, 6) is 0. The highest BCUT2D eigenvalue weighted by atomic mass is 16.3. The van der Waals surface area contributed by atoms with E-state index < -0.39 is 0 Å². The molecule has 49 valence electrons. The van der Waals surface area contributed by atoms with Crippen molar-refractivity contribution in [1.29, 1.82) is 0 Å². The number of nitrogens with two attached hydrogens (primary N) is 1. The van der Waals surface area contributed by atoms with E-state index in [0.29, 0.717) is 13.1 Å². The number of hydrogen-bond acceptors (Lipinski definition) is 2. The van der Waals surface area contributed by atoms with E-state index in [2.05, 4.69) is 5.32 Å². The Hall–Kier alpha value is -0.120. The third-order valence-corrected chi connectivity index (χ3v) is 0.837. The average Bonchev–Trinajstić information content (AvgIpc) is 1.81. The lowest BCUT2D eigenvalue weighted by molar-refractivity contribution is 0.194. The summed E-state index contributed by atoms with van der Waals surface area (Å²) >= 11 is 0. The summed E-state index contributed by atoms with van der Waals surface area (Å²) in [6.45, 7) is 2.11. The molecular weight excluding hydrogens is 104 g/mol. The second-order valence-corrected chi connectivity index (χ2v) is 1.60. The minimum atomic E-state index is -0.0371. The molecule has 0 atom stereocenters. The van der Waals surface area contributed by atoms with E-state index in [1.54, 1.807) is 0 Å². The molecule has 0 heterocycles. The van der Waals surface area contributed by atoms with Crippen LogP contribution in [0.2, 0.25) is 0 Å². The van der Waals surface area contributed by atoms with Gasteiger partial charge in [-0.05, 0) is 19.5 Å². The highest BCUT2D eigenvalue weighted by Crippen LogP contribution is 1.67. The van der Waals surface area contributed by atoms with Gasteiger partial charge in [0, 0.05) is 6.54 Å². The van der Waals surface area contributed by atoms with Crippen LogP contribution in [0.1, 0.15) is 6.42 Å². The van der Waals surface area contributed by atoms with Gasteiger partial charge in [0.25, 0.3) is 0 Å². The molecule has 0 bridgehead atoms. The molecule has 1 radical (unpaired) electrons. The summed E-state index contributed by atoms with van der Waals surface area (Å²) in [6.07, 6.45) is 0.958. The van der Waals surface area contributed by atoms with Gasteiger partial charge in [0.05, 0.1) is 6.61 Å². The van der Waals surface area contributed by atoms with Crippen LogP contribution in [0.15, 0.2) is 0 Å². The topological polar surface area (TPSA) is 57.9 Å². The molecule has 3 N–H and O–H groups in total. The third kappa shape index (κ3) is 5.88. The SMILES string of the molecule is NCCCNCC[O]. The first-order valence-corrected chi connectivity index (χ1v) is 2.90. The standard InChI is InChI=1S/C5H13N2O/c6-2-1-3-7-4-5-8/h7H,1-6H2. The molecule has 0 aromatic heterocycles. The number of hydrogen-bond donors (Lipinski definition) is 2. The molecule has 3 heteroatoms. The van der Waals surface area contributed by atoms with Gasteiger partial charge in [-0.2, -0.15) is 0 Å². The first kappa shape index (κ1) is 7.88. The Bertz CT molecular complexity index is 35.4. The second kappa shape index (κ2) is 6.88. The lowest BCUT2D eigenvalue weighted by atomic mass is 10.4. The summed E-state index contributed by atoms with van der Waals surface area (Å²) in [7, 11) is 0. The van der Waals surface area contributed by atoms with Crippen LogP contribution in [0.5, 0.6) is 0 Å². The van der Waals surface area contributed by atoms with Crippen LogP contribution < -0.4 is 11.1 Å². The zero-order valence-electron chi connectivity index (χ0n) is 5.02. The van der Waals surface area contributed by atoms with E-state index in [4.69, 9.17) is 5.73 Å². The van der Waals surface area contributed by atoms with E-state index in [9.17, 15) is 5.11 Å². The molecule has 0 fully saturated rings. The third-order valence-electron chi connectivity index (χ3n) is 0.837. The molecule has 0 aromatic carbocycles. The van der Waals surface area contributed by atoms with Crippen LogP contribution in [-0.4, -0.2) is 26.2 Å². The summed E-state index contributed by atoms with van der Waals surface area (Å²) in [4.78, 5) is 0. The number of rotatable bonds is 5. The quantitative estimate of drug-likeness (QED) is 0.470. The van der Waals surface area contributed by atoms with Gasteiger partial charge in [0.1, 0.15) is 0 Å². The van der Waals surface area contributed by atoms with Gasteiger partial charge in [-0.25, -0.2) is 5.11 Å². The van der Waals surface area contributed by atoms with Gasteiger partial charge in [-0.15, -0.1) is 0 Å². The highest BCUT2D eigenvalue weighted by Gasteiger charge is 1.82. The maximum atomic E-state index is 9.80. The molecule has 0 unspecified atom stereocenters. The van der Waals surface area contributed by atoms with Crippen molar-refractivity contribution < 1.29 is 5.11 Å². The van der Waals surface area contributed by atoms with Gasteiger partial charge < -0.3 is 11.1 Å². The highest BCUT2D eigenvalue weighted by molar-refractivity contribution is 4.44. The van der Waals surface area contributed by atoms with Gasteiger partial charge >= 0.3 is 0 Å². The first-order valence-electron chi connectivity index (χ1n) is 2.90. The van der Waals surface area contributed by atoms with Crippen molar-refractivity contribution in [3.8, 4) is 0 Å². The van der Waals surface area contributed by atoms with Gasteiger partial charge in [-0.1, -0.05) is 0 Å². The van der Waals surface area contributed by atoms with Crippen molar-refractivity contribution in [2.24, 2.45) is 5.73 Å². The number of nitrogens with one attached hydrogen (secondary N) is 1. The fourth-order valence-corrected chi connectivity index (χ4v) is 0.424. The zero-order chi connectivity index (χ0) is 6.24. The molecule has 0 aliphatic carbocycles. The minimum Gasteiger partial charge on any atom is -0.330 e. The summed E-state index contributed by atoms with van der Waals surface area (Å²) in [5, 5.41) is 12.7. The van der Waals surface area contributed by atoms with Crippen molar-refractivity contribution >= 4 is 0 Å². The minimum absolute atomic E-state index is 0.0371. The Morgan fingerprint density at radius 1 is 1.38 bits per heavy atom. The van der Waals surface area contributed by atoms with Crippen LogP contribution in [0.25, 0.3) is 0 Å². The maximum absolute atomic E-state index is 9.80. The predicted molar refractivity (Wildman–Crippen MR) is 32.1 cm³/mol. The normalized spacial score (nSPS) is 9.75. The molecule has 0 saturated heterocycles. The molecule has 0 rings (SSSR count). The molecule has 0 aliphatic rings. The van der Waals surface area contributed by atoms with Gasteiger partial charge in [-0.3, -0.25) is 0 Å². The Morgan fingerprint density at radius 2 is 2.12 bits per heavy atom. The van der Waals surface area contributed by atoms with Crippen LogP contribution >= 0.6 is 0 Å². The molecule has 0 aromatic rings. The summed E-state index contributed by atoms with van der Waals surface area (Å²) in [6, 6.07) is 0. The Balaban J connectivity index is 2.53. The Kier molecular flexibility index (Phi) is 6.78. The maximum Gasteiger partial charge on any atom is 0.0946 e. The second-order valence-electron chi connectivity index (χ2n) is 1.60. The average molecular weight is 117 g/mol. The summed E-state index contributed by atoms with van der Waals surface area (Å²) < 4.78 is 0. The first-order chi connectivity index (χ1) is 3.91. The van der Waals surface area contributed by atoms with E-state index in [0.717, 1.165) is 13.0 Å². The van der Waals surface area contributed by atoms with Crippen molar-refractivity contribution in [2.45, 2.75) is 6.42 Å².